The van der Waals surface area contributed by atoms with E-state index in [1.807, 2.05) is 43.3 Å². The Bertz CT molecular complexity index is 642. The van der Waals surface area contributed by atoms with Crippen LogP contribution in [0.1, 0.15) is 5.56 Å². The number of nitro benzene ring substituents is 1. The lowest BCUT2D eigenvalue weighted by Gasteiger charge is -2.13. The Kier molecular flexibility index (Phi) is 4.80. The van der Waals surface area contributed by atoms with Gasteiger partial charge in [0.2, 0.25) is 0 Å². The van der Waals surface area contributed by atoms with Crippen LogP contribution in [-0.4, -0.2) is 19.0 Å². The number of benzene rings is 2. The first kappa shape index (κ1) is 15.3. The zero-order valence-corrected chi connectivity index (χ0v) is 13.4. The summed E-state index contributed by atoms with van der Waals surface area (Å²) in [5, 5.41) is 14.0. The van der Waals surface area contributed by atoms with Crippen LogP contribution in [0.2, 0.25) is 0 Å². The van der Waals surface area contributed by atoms with Crippen molar-refractivity contribution >= 4 is 33.0 Å². The van der Waals surface area contributed by atoms with Crippen molar-refractivity contribution in [2.45, 2.75) is 6.54 Å². The summed E-state index contributed by atoms with van der Waals surface area (Å²) < 4.78 is 0.804. The van der Waals surface area contributed by atoms with Gasteiger partial charge in [-0.3, -0.25) is 10.1 Å². The molecule has 5 nitrogen and oxygen atoms in total. The molecule has 2 aromatic rings. The van der Waals surface area contributed by atoms with Gasteiger partial charge in [-0.25, -0.2) is 0 Å². The molecule has 0 saturated heterocycles. The molecule has 0 heterocycles. The van der Waals surface area contributed by atoms with Gasteiger partial charge in [-0.15, -0.1) is 0 Å². The van der Waals surface area contributed by atoms with Crippen molar-refractivity contribution in [1.82, 2.24) is 0 Å². The number of non-ortho nitro benzene ring substituents is 1. The predicted octanol–water partition coefficient (Wildman–Crippen LogP) is 4.04. The van der Waals surface area contributed by atoms with Crippen LogP contribution < -0.4 is 10.2 Å². The molecule has 0 amide bonds. The molecule has 0 bridgehead atoms. The summed E-state index contributed by atoms with van der Waals surface area (Å²) in [6.45, 7) is 0.605. The standard InChI is InChI=1S/C15H16BrN3O2/c1-18(2)12-5-3-11(4-6-12)10-17-15-9-13(19(20)21)7-8-14(15)16/h3-9,17H,10H2,1-2H3. The second-order valence-electron chi connectivity index (χ2n) is 4.84. The fraction of sp³-hybridized carbons (Fsp3) is 0.200. The third kappa shape index (κ3) is 3.95. The monoisotopic (exact) mass is 349 g/mol. The molecule has 0 radical (unpaired) electrons. The quantitative estimate of drug-likeness (QED) is 0.653. The first-order valence-electron chi connectivity index (χ1n) is 6.41. The molecule has 0 spiro atoms. The van der Waals surface area contributed by atoms with E-state index < -0.39 is 4.92 Å². The molecule has 0 fully saturated rings. The minimum absolute atomic E-state index is 0.0728. The highest BCUT2D eigenvalue weighted by Gasteiger charge is 2.09. The number of hydrogen-bond acceptors (Lipinski definition) is 4. The molecular weight excluding hydrogens is 334 g/mol. The van der Waals surface area contributed by atoms with E-state index in [9.17, 15) is 10.1 Å². The normalized spacial score (nSPS) is 10.2. The number of rotatable bonds is 5. The Labute approximate surface area is 131 Å². The Hall–Kier alpha value is -2.08. The van der Waals surface area contributed by atoms with E-state index in [2.05, 4.69) is 21.2 Å². The zero-order valence-electron chi connectivity index (χ0n) is 11.8. The highest BCUT2D eigenvalue weighted by molar-refractivity contribution is 9.10. The lowest BCUT2D eigenvalue weighted by atomic mass is 10.2. The van der Waals surface area contributed by atoms with Crippen molar-refractivity contribution in [2.24, 2.45) is 0 Å². The van der Waals surface area contributed by atoms with Gasteiger partial charge in [0.05, 0.1) is 10.6 Å². The van der Waals surface area contributed by atoms with E-state index in [-0.39, 0.29) is 5.69 Å². The maximum absolute atomic E-state index is 10.8. The van der Waals surface area contributed by atoms with Gasteiger partial charge in [0, 0.05) is 42.9 Å². The summed E-state index contributed by atoms with van der Waals surface area (Å²) in [7, 11) is 3.99. The predicted molar refractivity (Wildman–Crippen MR) is 88.9 cm³/mol. The SMILES string of the molecule is CN(C)c1ccc(CNc2cc([N+](=O)[O-])ccc2Br)cc1. The van der Waals surface area contributed by atoms with Gasteiger partial charge in [-0.1, -0.05) is 12.1 Å². The van der Waals surface area contributed by atoms with Gasteiger partial charge in [0.1, 0.15) is 0 Å². The van der Waals surface area contributed by atoms with Crippen molar-refractivity contribution in [2.75, 3.05) is 24.3 Å². The number of nitro groups is 1. The van der Waals surface area contributed by atoms with Crippen molar-refractivity contribution in [3.05, 3.63) is 62.6 Å². The number of nitrogens with one attached hydrogen (secondary N) is 1. The maximum Gasteiger partial charge on any atom is 0.271 e. The Morgan fingerprint density at radius 1 is 1.19 bits per heavy atom. The molecule has 6 heteroatoms. The van der Waals surface area contributed by atoms with Crippen LogP contribution in [-0.2, 0) is 6.54 Å². The molecule has 1 N–H and O–H groups in total. The molecule has 2 aromatic carbocycles. The Morgan fingerprint density at radius 2 is 1.86 bits per heavy atom. The molecule has 0 saturated carbocycles. The highest BCUT2D eigenvalue weighted by atomic mass is 79.9. The van der Waals surface area contributed by atoms with Crippen molar-refractivity contribution in [3.8, 4) is 0 Å². The highest BCUT2D eigenvalue weighted by Crippen LogP contribution is 2.27. The van der Waals surface area contributed by atoms with E-state index in [4.69, 9.17) is 0 Å². The molecule has 110 valence electrons. The summed E-state index contributed by atoms with van der Waals surface area (Å²) in [6.07, 6.45) is 0. The molecule has 0 aliphatic carbocycles. The molecule has 0 aliphatic rings. The molecule has 0 atom stereocenters. The number of nitrogens with zero attached hydrogens (tertiary/aromatic N) is 2. The van der Waals surface area contributed by atoms with Gasteiger partial charge in [-0.05, 0) is 39.7 Å². The van der Waals surface area contributed by atoms with Gasteiger partial charge in [0.15, 0.2) is 0 Å². The lowest BCUT2D eigenvalue weighted by molar-refractivity contribution is -0.384. The minimum Gasteiger partial charge on any atom is -0.380 e. The average Bonchev–Trinajstić information content (AvgIpc) is 2.46. The number of halogens is 1. The first-order valence-corrected chi connectivity index (χ1v) is 7.21. The summed E-state index contributed by atoms with van der Waals surface area (Å²) in [5.41, 5.74) is 3.03. The van der Waals surface area contributed by atoms with Gasteiger partial charge in [-0.2, -0.15) is 0 Å². The molecule has 21 heavy (non-hydrogen) atoms. The topological polar surface area (TPSA) is 58.4 Å². The van der Waals surface area contributed by atoms with Crippen molar-refractivity contribution in [1.29, 1.82) is 0 Å². The first-order chi connectivity index (χ1) is 9.97. The van der Waals surface area contributed by atoms with E-state index in [0.29, 0.717) is 12.2 Å². The number of anilines is 2. The lowest BCUT2D eigenvalue weighted by Crippen LogP contribution is -2.08. The molecule has 2 rings (SSSR count). The average molecular weight is 350 g/mol. The van der Waals surface area contributed by atoms with Gasteiger partial charge in [0.25, 0.3) is 5.69 Å². The van der Waals surface area contributed by atoms with Gasteiger partial charge >= 0.3 is 0 Å². The van der Waals surface area contributed by atoms with Gasteiger partial charge < -0.3 is 10.2 Å². The second kappa shape index (κ2) is 6.58. The summed E-state index contributed by atoms with van der Waals surface area (Å²) in [4.78, 5) is 12.4. The summed E-state index contributed by atoms with van der Waals surface area (Å²) in [6, 6.07) is 12.8. The van der Waals surface area contributed by atoms with E-state index in [1.165, 1.54) is 12.1 Å². The van der Waals surface area contributed by atoms with Crippen LogP contribution in [0.3, 0.4) is 0 Å². The van der Waals surface area contributed by atoms with Crippen LogP contribution in [0.5, 0.6) is 0 Å². The number of hydrogen-bond donors (Lipinski definition) is 1. The Balaban J connectivity index is 2.09. The molecule has 0 unspecified atom stereocenters. The second-order valence-corrected chi connectivity index (χ2v) is 5.69. The van der Waals surface area contributed by atoms with Crippen molar-refractivity contribution < 1.29 is 4.92 Å². The van der Waals surface area contributed by atoms with Crippen LogP contribution in [0.4, 0.5) is 17.1 Å². The largest absolute Gasteiger partial charge is 0.380 e. The molecular formula is C15H16BrN3O2. The Morgan fingerprint density at radius 3 is 2.43 bits per heavy atom. The summed E-state index contributed by atoms with van der Waals surface area (Å²) in [5.74, 6) is 0. The zero-order chi connectivity index (χ0) is 15.4. The molecule has 0 aliphatic heterocycles. The van der Waals surface area contributed by atoms with E-state index in [1.54, 1.807) is 6.07 Å². The molecule has 0 aromatic heterocycles. The van der Waals surface area contributed by atoms with Crippen LogP contribution in [0.15, 0.2) is 46.9 Å². The van der Waals surface area contributed by atoms with E-state index >= 15 is 0 Å². The minimum atomic E-state index is -0.399. The third-order valence-corrected chi connectivity index (χ3v) is 3.79. The summed E-state index contributed by atoms with van der Waals surface area (Å²) >= 11 is 3.39. The smallest absolute Gasteiger partial charge is 0.271 e. The van der Waals surface area contributed by atoms with Crippen molar-refractivity contribution in [3.63, 3.8) is 0 Å². The van der Waals surface area contributed by atoms with E-state index in [0.717, 1.165) is 15.7 Å². The third-order valence-electron chi connectivity index (χ3n) is 3.10. The maximum atomic E-state index is 10.8. The fourth-order valence-corrected chi connectivity index (χ4v) is 2.26. The van der Waals surface area contributed by atoms with Crippen LogP contribution >= 0.6 is 15.9 Å². The fourth-order valence-electron chi connectivity index (χ4n) is 1.87. The van der Waals surface area contributed by atoms with Crippen LogP contribution in [0.25, 0.3) is 0 Å². The van der Waals surface area contributed by atoms with Crippen LogP contribution in [0, 0.1) is 10.1 Å².